The average Bonchev–Trinajstić information content (AvgIpc) is 2.65. The summed E-state index contributed by atoms with van der Waals surface area (Å²) in [4.78, 5) is 4.21. The fraction of sp³-hybridized carbons (Fsp3) is 0.111. The van der Waals surface area contributed by atoms with Crippen LogP contribution in [0, 0.1) is 4.84 Å². The number of nitrogens with two attached hydrogens (primary N) is 1. The molecular formula is C9H9N3OS. The van der Waals surface area contributed by atoms with Gasteiger partial charge in [-0.05, 0) is 17.8 Å². The summed E-state index contributed by atoms with van der Waals surface area (Å²) in [6.07, 6.45) is 0. The van der Waals surface area contributed by atoms with Crippen LogP contribution < -0.4 is 5.73 Å². The van der Waals surface area contributed by atoms with Crippen LogP contribution in [0.25, 0.3) is 11.4 Å². The third-order valence-electron chi connectivity index (χ3n) is 1.90. The number of nitrogens with one attached hydrogen (secondary N) is 1. The molecule has 14 heavy (non-hydrogen) atoms. The Balaban J connectivity index is 2.38. The molecule has 1 heterocycles. The van der Waals surface area contributed by atoms with Crippen molar-refractivity contribution in [3.05, 3.63) is 34.7 Å². The van der Waals surface area contributed by atoms with Gasteiger partial charge in [0, 0.05) is 12.1 Å². The predicted octanol–water partition coefficient (Wildman–Crippen LogP) is 1.86. The molecule has 0 bridgehead atoms. The molecule has 0 saturated heterocycles. The van der Waals surface area contributed by atoms with E-state index in [0.717, 1.165) is 11.1 Å². The molecule has 2 rings (SSSR count). The van der Waals surface area contributed by atoms with Crippen LogP contribution >= 0.6 is 12.2 Å². The number of benzene rings is 1. The van der Waals surface area contributed by atoms with Gasteiger partial charge < -0.3 is 10.3 Å². The summed E-state index contributed by atoms with van der Waals surface area (Å²) < 4.78 is 4.83. The topological polar surface area (TPSA) is 67.8 Å². The van der Waals surface area contributed by atoms with Crippen LogP contribution in [0.5, 0.6) is 0 Å². The van der Waals surface area contributed by atoms with Gasteiger partial charge in [0.1, 0.15) is 0 Å². The molecule has 0 atom stereocenters. The summed E-state index contributed by atoms with van der Waals surface area (Å²) in [5.41, 5.74) is 7.50. The van der Waals surface area contributed by atoms with Gasteiger partial charge in [-0.3, -0.25) is 0 Å². The van der Waals surface area contributed by atoms with E-state index in [9.17, 15) is 0 Å². The van der Waals surface area contributed by atoms with E-state index in [1.54, 1.807) is 0 Å². The summed E-state index contributed by atoms with van der Waals surface area (Å²) in [5.74, 6) is 0.638. The minimum Gasteiger partial charge on any atom is -0.348 e. The minimum absolute atomic E-state index is 0.211. The average molecular weight is 207 g/mol. The Morgan fingerprint density at radius 3 is 2.57 bits per heavy atom. The third kappa shape index (κ3) is 1.73. The largest absolute Gasteiger partial charge is 0.348 e. The first-order valence-corrected chi connectivity index (χ1v) is 4.55. The van der Waals surface area contributed by atoms with Crippen molar-refractivity contribution in [2.24, 2.45) is 5.73 Å². The maximum atomic E-state index is 5.48. The van der Waals surface area contributed by atoms with Crippen molar-refractivity contribution in [2.75, 3.05) is 0 Å². The minimum atomic E-state index is 0.211. The zero-order valence-electron chi connectivity index (χ0n) is 7.36. The van der Waals surface area contributed by atoms with Gasteiger partial charge in [-0.15, -0.1) is 0 Å². The highest BCUT2D eigenvalue weighted by Crippen LogP contribution is 2.15. The van der Waals surface area contributed by atoms with E-state index in [1.165, 1.54) is 0 Å². The lowest BCUT2D eigenvalue weighted by Gasteiger charge is -1.97. The van der Waals surface area contributed by atoms with E-state index in [4.69, 9.17) is 22.5 Å². The van der Waals surface area contributed by atoms with Crippen LogP contribution in [0.3, 0.4) is 0 Å². The number of aromatic nitrogens is 2. The van der Waals surface area contributed by atoms with Gasteiger partial charge in [-0.2, -0.15) is 4.98 Å². The van der Waals surface area contributed by atoms with E-state index in [2.05, 4.69) is 10.1 Å². The molecule has 0 aliphatic heterocycles. The highest BCUT2D eigenvalue weighted by Gasteiger charge is 2.01. The molecule has 1 aromatic heterocycles. The highest BCUT2D eigenvalue weighted by molar-refractivity contribution is 7.71. The zero-order valence-corrected chi connectivity index (χ0v) is 8.17. The Morgan fingerprint density at radius 2 is 2.07 bits per heavy atom. The monoisotopic (exact) mass is 207 g/mol. The molecular weight excluding hydrogens is 198 g/mol. The SMILES string of the molecule is NCc1ccc(-c2nc(=S)o[nH]2)cc1. The molecule has 0 unspecified atom stereocenters. The fourth-order valence-corrected chi connectivity index (χ4v) is 1.28. The molecule has 0 aliphatic rings. The number of hydrogen-bond acceptors (Lipinski definition) is 4. The molecule has 0 spiro atoms. The lowest BCUT2D eigenvalue weighted by atomic mass is 10.1. The second-order valence-electron chi connectivity index (χ2n) is 2.83. The Kier molecular flexibility index (Phi) is 2.43. The quantitative estimate of drug-likeness (QED) is 0.737. The van der Waals surface area contributed by atoms with Crippen molar-refractivity contribution in [3.8, 4) is 11.4 Å². The lowest BCUT2D eigenvalue weighted by Crippen LogP contribution is -1.95. The molecule has 0 saturated carbocycles. The number of H-pyrrole nitrogens is 1. The third-order valence-corrected chi connectivity index (χ3v) is 2.08. The van der Waals surface area contributed by atoms with Gasteiger partial charge in [0.25, 0.3) is 0 Å². The van der Waals surface area contributed by atoms with Crippen molar-refractivity contribution in [2.45, 2.75) is 6.54 Å². The summed E-state index contributed by atoms with van der Waals surface area (Å²) >= 11 is 4.75. The lowest BCUT2D eigenvalue weighted by molar-refractivity contribution is 0.406. The van der Waals surface area contributed by atoms with E-state index >= 15 is 0 Å². The van der Waals surface area contributed by atoms with Crippen molar-refractivity contribution in [1.82, 2.24) is 10.1 Å². The molecule has 4 nitrogen and oxygen atoms in total. The number of nitrogens with zero attached hydrogens (tertiary/aromatic N) is 1. The van der Waals surface area contributed by atoms with Gasteiger partial charge in [0.2, 0.25) is 0 Å². The van der Waals surface area contributed by atoms with Crippen molar-refractivity contribution in [3.63, 3.8) is 0 Å². The van der Waals surface area contributed by atoms with Crippen LogP contribution in [0.4, 0.5) is 0 Å². The van der Waals surface area contributed by atoms with E-state index in [-0.39, 0.29) is 4.84 Å². The first-order chi connectivity index (χ1) is 6.79. The van der Waals surface area contributed by atoms with E-state index in [1.807, 2.05) is 24.3 Å². The summed E-state index contributed by atoms with van der Waals surface area (Å²) in [5, 5.41) is 2.64. The first kappa shape index (κ1) is 9.11. The second kappa shape index (κ2) is 3.73. The summed E-state index contributed by atoms with van der Waals surface area (Å²) in [6.45, 7) is 0.537. The van der Waals surface area contributed by atoms with Gasteiger partial charge in [-0.25, -0.2) is 5.16 Å². The molecule has 72 valence electrons. The van der Waals surface area contributed by atoms with Crippen LogP contribution in [0.1, 0.15) is 5.56 Å². The normalized spacial score (nSPS) is 10.4. The summed E-state index contributed by atoms with van der Waals surface area (Å²) in [6, 6.07) is 7.73. The molecule has 0 radical (unpaired) electrons. The van der Waals surface area contributed by atoms with Crippen molar-refractivity contribution in [1.29, 1.82) is 0 Å². The Bertz CT molecular complexity index is 471. The van der Waals surface area contributed by atoms with E-state index in [0.29, 0.717) is 12.4 Å². The number of aromatic amines is 1. The van der Waals surface area contributed by atoms with Gasteiger partial charge in [0.05, 0.1) is 0 Å². The van der Waals surface area contributed by atoms with Crippen LogP contribution in [0.2, 0.25) is 0 Å². The fourth-order valence-electron chi connectivity index (χ4n) is 1.15. The first-order valence-electron chi connectivity index (χ1n) is 4.14. The molecule has 0 fully saturated rings. The van der Waals surface area contributed by atoms with Crippen LogP contribution in [0.15, 0.2) is 28.8 Å². The predicted molar refractivity (Wildman–Crippen MR) is 55.0 cm³/mol. The van der Waals surface area contributed by atoms with Crippen LogP contribution in [-0.2, 0) is 6.54 Å². The van der Waals surface area contributed by atoms with Crippen molar-refractivity contribution >= 4 is 12.2 Å². The summed E-state index contributed by atoms with van der Waals surface area (Å²) in [7, 11) is 0. The van der Waals surface area contributed by atoms with Gasteiger partial charge in [0.15, 0.2) is 5.82 Å². The van der Waals surface area contributed by atoms with Crippen LogP contribution in [-0.4, -0.2) is 10.1 Å². The smallest absolute Gasteiger partial charge is 0.314 e. The molecule has 5 heteroatoms. The Morgan fingerprint density at radius 1 is 1.36 bits per heavy atom. The maximum absolute atomic E-state index is 5.48. The molecule has 2 aromatic rings. The highest BCUT2D eigenvalue weighted by atomic mass is 32.1. The van der Waals surface area contributed by atoms with Gasteiger partial charge >= 0.3 is 4.84 Å². The number of rotatable bonds is 2. The Hall–Kier alpha value is -1.46. The Labute approximate surface area is 85.7 Å². The maximum Gasteiger partial charge on any atom is 0.314 e. The zero-order chi connectivity index (χ0) is 9.97. The van der Waals surface area contributed by atoms with Gasteiger partial charge in [-0.1, -0.05) is 24.3 Å². The molecule has 0 amide bonds. The molecule has 3 N–H and O–H groups in total. The molecule has 0 aliphatic carbocycles. The molecule has 1 aromatic carbocycles. The second-order valence-corrected chi connectivity index (χ2v) is 3.18. The standard InChI is InChI=1S/C9H9N3OS/c10-5-6-1-3-7(4-2-6)8-11-9(14)13-12-8/h1-4H,5,10H2,(H,11,12,14). The van der Waals surface area contributed by atoms with Crippen molar-refractivity contribution < 1.29 is 4.52 Å². The number of hydrogen-bond donors (Lipinski definition) is 2. The van der Waals surface area contributed by atoms with E-state index < -0.39 is 0 Å².